The summed E-state index contributed by atoms with van der Waals surface area (Å²) in [6.07, 6.45) is 0.210. The van der Waals surface area contributed by atoms with Crippen molar-refractivity contribution in [2.45, 2.75) is 65.2 Å². The third-order valence-electron chi connectivity index (χ3n) is 4.92. The summed E-state index contributed by atoms with van der Waals surface area (Å²) < 4.78 is 0. The molecular weight excluding hydrogens is 400 g/mol. The molecule has 0 aliphatic carbocycles. The lowest BCUT2D eigenvalue weighted by molar-refractivity contribution is -0.143. The van der Waals surface area contributed by atoms with Crippen LogP contribution in [-0.2, 0) is 25.6 Å². The van der Waals surface area contributed by atoms with Crippen molar-refractivity contribution in [3.8, 4) is 0 Å². The molecule has 0 bridgehead atoms. The predicted molar refractivity (Wildman–Crippen MR) is 117 cm³/mol. The number of amides is 3. The van der Waals surface area contributed by atoms with Gasteiger partial charge >= 0.3 is 5.97 Å². The van der Waals surface area contributed by atoms with Crippen LogP contribution in [0.1, 0.15) is 40.2 Å². The van der Waals surface area contributed by atoms with Crippen LogP contribution >= 0.6 is 0 Å². The topological polar surface area (TPSA) is 151 Å². The van der Waals surface area contributed by atoms with Gasteiger partial charge in [0.15, 0.2) is 0 Å². The standard InChI is InChI=1S/C22H34N4O5/c1-12(2)17(23)21(29)25-16(11-15-9-7-6-8-10-15)20(28)24-14(5)19(27)26-18(13(3)4)22(30)31/h6-10,12-14,16-18H,11,23H2,1-5H3,(H,24,28)(H,25,29)(H,26,27)(H,30,31). The molecular formula is C22H34N4O5. The van der Waals surface area contributed by atoms with E-state index >= 15 is 0 Å². The normalized spacial score (nSPS) is 15.0. The van der Waals surface area contributed by atoms with E-state index in [4.69, 9.17) is 5.73 Å². The first-order valence-corrected chi connectivity index (χ1v) is 10.4. The van der Waals surface area contributed by atoms with Gasteiger partial charge in [-0.3, -0.25) is 14.4 Å². The summed E-state index contributed by atoms with van der Waals surface area (Å²) in [5.74, 6) is -3.25. The average molecular weight is 435 g/mol. The van der Waals surface area contributed by atoms with E-state index in [2.05, 4.69) is 16.0 Å². The van der Waals surface area contributed by atoms with Gasteiger partial charge in [-0.15, -0.1) is 0 Å². The Morgan fingerprint density at radius 1 is 0.839 bits per heavy atom. The van der Waals surface area contributed by atoms with Gasteiger partial charge in [0.1, 0.15) is 18.1 Å². The molecule has 1 aromatic carbocycles. The van der Waals surface area contributed by atoms with Crippen molar-refractivity contribution in [1.82, 2.24) is 16.0 Å². The largest absolute Gasteiger partial charge is 0.480 e. The number of hydrogen-bond acceptors (Lipinski definition) is 5. The summed E-state index contributed by atoms with van der Waals surface area (Å²) in [7, 11) is 0. The number of carboxylic acid groups (broad SMARTS) is 1. The van der Waals surface area contributed by atoms with E-state index in [1.165, 1.54) is 6.92 Å². The van der Waals surface area contributed by atoms with Crippen LogP contribution in [0.15, 0.2) is 30.3 Å². The van der Waals surface area contributed by atoms with Crippen molar-refractivity contribution in [2.75, 3.05) is 0 Å². The van der Waals surface area contributed by atoms with E-state index in [0.717, 1.165) is 5.56 Å². The van der Waals surface area contributed by atoms with Gasteiger partial charge in [-0.1, -0.05) is 58.0 Å². The first-order valence-electron chi connectivity index (χ1n) is 10.4. The first kappa shape index (κ1) is 26.1. The second kappa shape index (κ2) is 12.0. The molecule has 1 rings (SSSR count). The molecule has 6 N–H and O–H groups in total. The summed E-state index contributed by atoms with van der Waals surface area (Å²) in [5.41, 5.74) is 6.72. The molecule has 4 unspecified atom stereocenters. The van der Waals surface area contributed by atoms with Gasteiger partial charge in [-0.05, 0) is 24.3 Å². The minimum Gasteiger partial charge on any atom is -0.480 e. The molecule has 3 amide bonds. The summed E-state index contributed by atoms with van der Waals surface area (Å²) in [6.45, 7) is 8.40. The Bertz CT molecular complexity index is 766. The third-order valence-corrected chi connectivity index (χ3v) is 4.92. The molecule has 0 aliphatic heterocycles. The van der Waals surface area contributed by atoms with Gasteiger partial charge in [0.2, 0.25) is 17.7 Å². The fourth-order valence-electron chi connectivity index (χ4n) is 2.80. The number of aliphatic carboxylic acids is 1. The average Bonchev–Trinajstić information content (AvgIpc) is 2.70. The molecule has 0 saturated carbocycles. The Kier molecular flexibility index (Phi) is 10.1. The van der Waals surface area contributed by atoms with Gasteiger partial charge in [0.25, 0.3) is 0 Å². The molecule has 0 spiro atoms. The fourth-order valence-corrected chi connectivity index (χ4v) is 2.80. The number of hydrogen-bond donors (Lipinski definition) is 5. The highest BCUT2D eigenvalue weighted by Crippen LogP contribution is 2.07. The lowest BCUT2D eigenvalue weighted by Crippen LogP contribution is -2.57. The van der Waals surface area contributed by atoms with Crippen LogP contribution in [0.2, 0.25) is 0 Å². The number of benzene rings is 1. The van der Waals surface area contributed by atoms with Crippen LogP contribution in [0.4, 0.5) is 0 Å². The van der Waals surface area contributed by atoms with Crippen LogP contribution in [-0.4, -0.2) is 53.0 Å². The van der Waals surface area contributed by atoms with E-state index in [9.17, 15) is 24.3 Å². The van der Waals surface area contributed by atoms with Crippen molar-refractivity contribution < 1.29 is 24.3 Å². The van der Waals surface area contributed by atoms with Gasteiger partial charge in [-0.2, -0.15) is 0 Å². The van der Waals surface area contributed by atoms with Gasteiger partial charge < -0.3 is 26.8 Å². The summed E-state index contributed by atoms with van der Waals surface area (Å²) >= 11 is 0. The van der Waals surface area contributed by atoms with Crippen molar-refractivity contribution in [3.05, 3.63) is 35.9 Å². The molecule has 4 atom stereocenters. The number of carboxylic acids is 1. The number of nitrogens with one attached hydrogen (secondary N) is 3. The van der Waals surface area contributed by atoms with Gasteiger partial charge in [0.05, 0.1) is 6.04 Å². The quantitative estimate of drug-likeness (QED) is 0.341. The Labute approximate surface area is 183 Å². The summed E-state index contributed by atoms with van der Waals surface area (Å²) in [6, 6.07) is 5.32. The number of rotatable bonds is 11. The monoisotopic (exact) mass is 434 g/mol. The van der Waals surface area contributed by atoms with Crippen LogP contribution < -0.4 is 21.7 Å². The SMILES string of the molecule is CC(NC(=O)C(Cc1ccccc1)NC(=O)C(N)C(C)C)C(=O)NC(C(=O)O)C(C)C. The van der Waals surface area contributed by atoms with Crippen molar-refractivity contribution in [1.29, 1.82) is 0 Å². The number of carbonyl (C=O) groups is 4. The number of carbonyl (C=O) groups excluding carboxylic acids is 3. The number of nitrogens with two attached hydrogens (primary N) is 1. The van der Waals surface area contributed by atoms with Crippen LogP contribution in [0.25, 0.3) is 0 Å². The van der Waals surface area contributed by atoms with E-state index < -0.39 is 47.9 Å². The molecule has 0 heterocycles. The Morgan fingerprint density at radius 3 is 1.90 bits per heavy atom. The van der Waals surface area contributed by atoms with Crippen LogP contribution in [0, 0.1) is 11.8 Å². The minimum absolute atomic E-state index is 0.117. The van der Waals surface area contributed by atoms with E-state index in [-0.39, 0.29) is 18.3 Å². The highest BCUT2D eigenvalue weighted by Gasteiger charge is 2.29. The molecule has 31 heavy (non-hydrogen) atoms. The summed E-state index contributed by atoms with van der Waals surface area (Å²) in [5, 5.41) is 16.9. The molecule has 9 nitrogen and oxygen atoms in total. The zero-order valence-corrected chi connectivity index (χ0v) is 18.7. The molecule has 172 valence electrons. The summed E-state index contributed by atoms with van der Waals surface area (Å²) in [4.78, 5) is 49.0. The van der Waals surface area contributed by atoms with E-state index in [0.29, 0.717) is 0 Å². The van der Waals surface area contributed by atoms with E-state index in [1.807, 2.05) is 30.3 Å². The molecule has 1 aromatic rings. The minimum atomic E-state index is -1.15. The third kappa shape index (κ3) is 8.37. The highest BCUT2D eigenvalue weighted by atomic mass is 16.4. The maximum absolute atomic E-state index is 12.9. The van der Waals surface area contributed by atoms with Crippen LogP contribution in [0.3, 0.4) is 0 Å². The Hall–Kier alpha value is -2.94. The lowest BCUT2D eigenvalue weighted by Gasteiger charge is -2.25. The van der Waals surface area contributed by atoms with Crippen LogP contribution in [0.5, 0.6) is 0 Å². The first-order chi connectivity index (χ1) is 14.4. The lowest BCUT2D eigenvalue weighted by atomic mass is 10.0. The maximum atomic E-state index is 12.9. The Balaban J connectivity index is 2.91. The molecule has 0 fully saturated rings. The zero-order chi connectivity index (χ0) is 23.7. The van der Waals surface area contributed by atoms with Crippen molar-refractivity contribution in [2.24, 2.45) is 17.6 Å². The molecule has 0 radical (unpaired) electrons. The fraction of sp³-hybridized carbons (Fsp3) is 0.545. The highest BCUT2D eigenvalue weighted by molar-refractivity contribution is 5.94. The van der Waals surface area contributed by atoms with Crippen molar-refractivity contribution >= 4 is 23.7 Å². The second-order valence-corrected chi connectivity index (χ2v) is 8.32. The second-order valence-electron chi connectivity index (χ2n) is 8.32. The van der Waals surface area contributed by atoms with E-state index in [1.54, 1.807) is 27.7 Å². The van der Waals surface area contributed by atoms with Gasteiger partial charge in [-0.25, -0.2) is 4.79 Å². The zero-order valence-electron chi connectivity index (χ0n) is 18.7. The molecule has 0 aliphatic rings. The smallest absolute Gasteiger partial charge is 0.326 e. The molecule has 9 heteroatoms. The molecule has 0 aromatic heterocycles. The Morgan fingerprint density at radius 2 is 1.42 bits per heavy atom. The van der Waals surface area contributed by atoms with Gasteiger partial charge in [0, 0.05) is 6.42 Å². The maximum Gasteiger partial charge on any atom is 0.326 e. The molecule has 0 saturated heterocycles. The predicted octanol–water partition coefficient (Wildman–Crippen LogP) is 0.427. The van der Waals surface area contributed by atoms with Crippen molar-refractivity contribution in [3.63, 3.8) is 0 Å².